The van der Waals surface area contributed by atoms with E-state index in [1.165, 1.54) is 4.31 Å². The van der Waals surface area contributed by atoms with E-state index in [-0.39, 0.29) is 11.7 Å². The van der Waals surface area contributed by atoms with E-state index in [1.807, 2.05) is 17.7 Å². The van der Waals surface area contributed by atoms with Crippen LogP contribution in [0.5, 0.6) is 0 Å². The van der Waals surface area contributed by atoms with Crippen LogP contribution < -0.4 is 9.62 Å². The molecule has 0 saturated carbocycles. The zero-order valence-electron chi connectivity index (χ0n) is 14.9. The molecule has 2 aromatic rings. The molecule has 0 atom stereocenters. The van der Waals surface area contributed by atoms with Crippen LogP contribution in [0.25, 0.3) is 0 Å². The number of aryl methyl sites for hydroxylation is 2. The molecule has 7 nitrogen and oxygen atoms in total. The topological polar surface area (TPSA) is 84.3 Å². The fourth-order valence-corrected chi connectivity index (χ4v) is 4.82. The van der Waals surface area contributed by atoms with Crippen molar-refractivity contribution in [3.05, 3.63) is 48.0 Å². The van der Waals surface area contributed by atoms with Crippen LogP contribution in [0.1, 0.15) is 35.2 Å². The molecule has 1 aliphatic heterocycles. The smallest absolute Gasteiger partial charge is 0.251 e. The highest BCUT2D eigenvalue weighted by atomic mass is 32.2. The van der Waals surface area contributed by atoms with E-state index in [1.54, 1.807) is 30.7 Å². The third-order valence-electron chi connectivity index (χ3n) is 4.51. The van der Waals surface area contributed by atoms with Gasteiger partial charge in [0.1, 0.15) is 0 Å². The second-order valence-electron chi connectivity index (χ2n) is 6.51. The second kappa shape index (κ2) is 7.90. The molecular weight excluding hydrogens is 352 g/mol. The number of amides is 1. The van der Waals surface area contributed by atoms with Crippen LogP contribution in [0.3, 0.4) is 0 Å². The number of hydrogen-bond donors (Lipinski definition) is 1. The molecule has 1 aromatic carbocycles. The summed E-state index contributed by atoms with van der Waals surface area (Å²) in [5, 5.41) is 2.90. The highest BCUT2D eigenvalue weighted by Gasteiger charge is 2.27. The Kier molecular flexibility index (Phi) is 5.61. The summed E-state index contributed by atoms with van der Waals surface area (Å²) in [5.74, 6) is 0.0396. The Labute approximate surface area is 154 Å². The van der Waals surface area contributed by atoms with Gasteiger partial charge in [-0.2, -0.15) is 0 Å². The average Bonchev–Trinajstić information content (AvgIpc) is 3.12. The van der Waals surface area contributed by atoms with Crippen molar-refractivity contribution in [2.24, 2.45) is 0 Å². The molecule has 0 unspecified atom stereocenters. The number of nitrogens with zero attached hydrogens (tertiary/aromatic N) is 3. The lowest BCUT2D eigenvalue weighted by Crippen LogP contribution is -2.38. The molecule has 2 heterocycles. The van der Waals surface area contributed by atoms with Crippen molar-refractivity contribution >= 4 is 21.6 Å². The summed E-state index contributed by atoms with van der Waals surface area (Å²) in [6.07, 6.45) is 7.74. The Morgan fingerprint density at radius 2 is 2.15 bits per heavy atom. The Hall–Kier alpha value is -2.35. The van der Waals surface area contributed by atoms with Gasteiger partial charge in [-0.3, -0.25) is 9.10 Å². The molecule has 0 radical (unpaired) electrons. The number of imidazole rings is 1. The number of benzene rings is 1. The minimum Gasteiger partial charge on any atom is -0.352 e. The van der Waals surface area contributed by atoms with Gasteiger partial charge >= 0.3 is 0 Å². The number of anilines is 1. The monoisotopic (exact) mass is 376 g/mol. The lowest BCUT2D eigenvalue weighted by molar-refractivity contribution is 0.0952. The maximum atomic E-state index is 12.3. The van der Waals surface area contributed by atoms with Gasteiger partial charge in [-0.1, -0.05) is 0 Å². The van der Waals surface area contributed by atoms with Gasteiger partial charge < -0.3 is 9.88 Å². The maximum Gasteiger partial charge on any atom is 0.251 e. The van der Waals surface area contributed by atoms with E-state index in [0.717, 1.165) is 24.9 Å². The van der Waals surface area contributed by atoms with Crippen molar-refractivity contribution in [2.75, 3.05) is 23.1 Å². The second-order valence-corrected chi connectivity index (χ2v) is 8.52. The molecule has 0 bridgehead atoms. The number of sulfonamides is 1. The van der Waals surface area contributed by atoms with Crippen molar-refractivity contribution < 1.29 is 13.2 Å². The predicted octanol–water partition coefficient (Wildman–Crippen LogP) is 1.94. The first kappa shape index (κ1) is 18.4. The van der Waals surface area contributed by atoms with Crippen molar-refractivity contribution in [1.29, 1.82) is 0 Å². The molecule has 0 spiro atoms. The minimum absolute atomic E-state index is 0.146. The fourth-order valence-electron chi connectivity index (χ4n) is 3.12. The van der Waals surface area contributed by atoms with Gasteiger partial charge in [-0.15, -0.1) is 0 Å². The Morgan fingerprint density at radius 1 is 1.31 bits per heavy atom. The van der Waals surface area contributed by atoms with Crippen LogP contribution in [0.4, 0.5) is 5.69 Å². The van der Waals surface area contributed by atoms with E-state index >= 15 is 0 Å². The fraction of sp³-hybridized carbons (Fsp3) is 0.444. The first-order chi connectivity index (χ1) is 12.5. The number of carbonyl (C=O) groups excluding carboxylic acids is 1. The highest BCUT2D eigenvalue weighted by Crippen LogP contribution is 2.27. The molecule has 1 aromatic heterocycles. The normalized spacial score (nSPS) is 16.4. The zero-order valence-corrected chi connectivity index (χ0v) is 15.7. The summed E-state index contributed by atoms with van der Waals surface area (Å²) in [5.41, 5.74) is 2.01. The lowest BCUT2D eigenvalue weighted by atomic mass is 10.1. The first-order valence-electron chi connectivity index (χ1n) is 8.82. The third kappa shape index (κ3) is 4.24. The standard InChI is InChI=1S/C18H24N4O3S/c1-15-13-16(18(23)20-7-4-9-21-11-8-19-14-21)5-6-17(15)22-10-2-3-12-26(22,24)25/h5-6,8,11,13-14H,2-4,7,9-10,12H2,1H3,(H,20,23). The van der Waals surface area contributed by atoms with Crippen LogP contribution >= 0.6 is 0 Å². The zero-order chi connectivity index (χ0) is 18.6. The van der Waals surface area contributed by atoms with Gasteiger partial charge in [0, 0.05) is 37.6 Å². The van der Waals surface area contributed by atoms with Gasteiger partial charge in [-0.05, 0) is 49.9 Å². The van der Waals surface area contributed by atoms with Crippen LogP contribution in [0.2, 0.25) is 0 Å². The minimum atomic E-state index is -3.25. The number of carbonyl (C=O) groups is 1. The SMILES string of the molecule is Cc1cc(C(=O)NCCCn2ccnc2)ccc1N1CCCCS1(=O)=O. The van der Waals surface area contributed by atoms with Gasteiger partial charge in [-0.25, -0.2) is 13.4 Å². The molecular formula is C18H24N4O3S. The van der Waals surface area contributed by atoms with Crippen LogP contribution in [-0.2, 0) is 16.6 Å². The van der Waals surface area contributed by atoms with E-state index in [4.69, 9.17) is 0 Å². The maximum absolute atomic E-state index is 12.3. The quantitative estimate of drug-likeness (QED) is 0.781. The van der Waals surface area contributed by atoms with Crippen molar-refractivity contribution in [3.63, 3.8) is 0 Å². The largest absolute Gasteiger partial charge is 0.352 e. The summed E-state index contributed by atoms with van der Waals surface area (Å²) in [6.45, 7) is 3.71. The van der Waals surface area contributed by atoms with E-state index in [9.17, 15) is 13.2 Å². The molecule has 26 heavy (non-hydrogen) atoms. The lowest BCUT2D eigenvalue weighted by Gasteiger charge is -2.29. The summed E-state index contributed by atoms with van der Waals surface area (Å²) in [7, 11) is -3.25. The van der Waals surface area contributed by atoms with Crippen LogP contribution in [0, 0.1) is 6.92 Å². The van der Waals surface area contributed by atoms with Gasteiger partial charge in [0.15, 0.2) is 0 Å². The first-order valence-corrected chi connectivity index (χ1v) is 10.4. The molecule has 1 fully saturated rings. The number of rotatable bonds is 6. The summed E-state index contributed by atoms with van der Waals surface area (Å²) < 4.78 is 28.0. The number of hydrogen-bond acceptors (Lipinski definition) is 4. The van der Waals surface area contributed by atoms with Crippen LogP contribution in [-0.4, -0.2) is 42.7 Å². The average molecular weight is 376 g/mol. The van der Waals surface area contributed by atoms with Crippen molar-refractivity contribution in [3.8, 4) is 0 Å². The summed E-state index contributed by atoms with van der Waals surface area (Å²) in [6, 6.07) is 5.18. The molecule has 3 rings (SSSR count). The number of aromatic nitrogens is 2. The third-order valence-corrected chi connectivity index (χ3v) is 6.37. The highest BCUT2D eigenvalue weighted by molar-refractivity contribution is 7.92. The van der Waals surface area contributed by atoms with E-state index < -0.39 is 10.0 Å². The Morgan fingerprint density at radius 3 is 2.85 bits per heavy atom. The molecule has 1 aliphatic rings. The predicted molar refractivity (Wildman–Crippen MR) is 101 cm³/mol. The molecule has 1 N–H and O–H groups in total. The molecule has 1 saturated heterocycles. The Bertz CT molecular complexity index is 863. The molecule has 0 aliphatic carbocycles. The van der Waals surface area contributed by atoms with E-state index in [2.05, 4.69) is 10.3 Å². The van der Waals surface area contributed by atoms with Crippen molar-refractivity contribution in [2.45, 2.75) is 32.7 Å². The van der Waals surface area contributed by atoms with Crippen LogP contribution in [0.15, 0.2) is 36.9 Å². The van der Waals surface area contributed by atoms with E-state index in [0.29, 0.717) is 30.8 Å². The van der Waals surface area contributed by atoms with Gasteiger partial charge in [0.2, 0.25) is 10.0 Å². The van der Waals surface area contributed by atoms with Crippen molar-refractivity contribution in [1.82, 2.24) is 14.9 Å². The summed E-state index contributed by atoms with van der Waals surface area (Å²) in [4.78, 5) is 16.3. The summed E-state index contributed by atoms with van der Waals surface area (Å²) >= 11 is 0. The van der Waals surface area contributed by atoms with Gasteiger partial charge in [0.05, 0.1) is 17.8 Å². The van der Waals surface area contributed by atoms with Gasteiger partial charge in [0.25, 0.3) is 5.91 Å². The molecule has 140 valence electrons. The Balaban J connectivity index is 1.60. The number of nitrogens with one attached hydrogen (secondary N) is 1. The molecule has 1 amide bonds. The molecule has 8 heteroatoms.